The van der Waals surface area contributed by atoms with Crippen LogP contribution in [0.25, 0.3) is 0 Å². The molecule has 0 amide bonds. The van der Waals surface area contributed by atoms with Gasteiger partial charge in [0.15, 0.2) is 11.9 Å². The molecule has 0 spiro atoms. The van der Waals surface area contributed by atoms with E-state index in [0.29, 0.717) is 0 Å². The number of nitrogens with zero attached hydrogens (tertiary/aromatic N) is 1. The SMILES string of the molecule is CS(=O)(=O)OC[C@H]1COc2cc(S(=O)(=O)Cl)cc([N+](=O)[O-])c2O1. The van der Waals surface area contributed by atoms with Gasteiger partial charge in [-0.25, -0.2) is 8.42 Å². The Morgan fingerprint density at radius 1 is 1.39 bits per heavy atom. The largest absolute Gasteiger partial charge is 0.485 e. The number of ether oxygens (including phenoxy) is 2. The number of benzene rings is 1. The van der Waals surface area contributed by atoms with E-state index in [1.54, 1.807) is 0 Å². The van der Waals surface area contributed by atoms with Crippen molar-refractivity contribution >= 4 is 35.5 Å². The highest BCUT2D eigenvalue weighted by Crippen LogP contribution is 2.42. The van der Waals surface area contributed by atoms with Gasteiger partial charge in [-0.15, -0.1) is 0 Å². The van der Waals surface area contributed by atoms with Gasteiger partial charge in [0.2, 0.25) is 5.75 Å². The van der Waals surface area contributed by atoms with Gasteiger partial charge in [-0.3, -0.25) is 14.3 Å². The van der Waals surface area contributed by atoms with Gasteiger partial charge >= 0.3 is 5.69 Å². The lowest BCUT2D eigenvalue weighted by molar-refractivity contribution is -0.386. The van der Waals surface area contributed by atoms with Crippen molar-refractivity contribution < 1.29 is 35.4 Å². The van der Waals surface area contributed by atoms with Crippen LogP contribution in [-0.2, 0) is 23.4 Å². The molecule has 0 N–H and O–H groups in total. The molecule has 1 aliphatic heterocycles. The molecule has 1 heterocycles. The Kier molecular flexibility index (Phi) is 4.71. The normalized spacial score (nSPS) is 17.7. The van der Waals surface area contributed by atoms with Gasteiger partial charge in [-0.2, -0.15) is 8.42 Å². The van der Waals surface area contributed by atoms with Crippen molar-refractivity contribution in [3.8, 4) is 11.5 Å². The fraction of sp³-hybridized carbons (Fsp3) is 0.400. The molecule has 0 saturated heterocycles. The molecule has 1 aromatic carbocycles. The molecule has 2 rings (SSSR count). The van der Waals surface area contributed by atoms with Gasteiger partial charge in [0.05, 0.1) is 16.1 Å². The molecule has 0 unspecified atom stereocenters. The fourth-order valence-corrected chi connectivity index (χ4v) is 2.90. The third kappa shape index (κ3) is 4.43. The van der Waals surface area contributed by atoms with Crippen molar-refractivity contribution in [2.45, 2.75) is 11.0 Å². The summed E-state index contributed by atoms with van der Waals surface area (Å²) in [5, 5.41) is 11.1. The van der Waals surface area contributed by atoms with Crippen molar-refractivity contribution in [3.05, 3.63) is 22.2 Å². The first-order chi connectivity index (χ1) is 10.5. The number of nitro groups is 1. The highest BCUT2D eigenvalue weighted by Gasteiger charge is 2.32. The van der Waals surface area contributed by atoms with Gasteiger partial charge in [0, 0.05) is 22.8 Å². The van der Waals surface area contributed by atoms with Crippen LogP contribution in [0.15, 0.2) is 17.0 Å². The van der Waals surface area contributed by atoms with E-state index in [1.807, 2.05) is 0 Å². The molecule has 0 fully saturated rings. The smallest absolute Gasteiger partial charge is 0.316 e. The molecular weight excluding hydrogens is 378 g/mol. The molecule has 10 nitrogen and oxygen atoms in total. The molecule has 0 radical (unpaired) electrons. The summed E-state index contributed by atoms with van der Waals surface area (Å²) in [6.07, 6.45) is -0.0839. The molecule has 23 heavy (non-hydrogen) atoms. The van der Waals surface area contributed by atoms with Crippen LogP contribution in [-0.4, -0.2) is 47.3 Å². The molecule has 0 saturated carbocycles. The van der Waals surface area contributed by atoms with Gasteiger partial charge in [0.1, 0.15) is 13.2 Å². The third-order valence-electron chi connectivity index (χ3n) is 2.66. The minimum atomic E-state index is -4.21. The maximum absolute atomic E-state index is 11.3. The van der Waals surface area contributed by atoms with E-state index in [0.717, 1.165) is 18.4 Å². The van der Waals surface area contributed by atoms with Gasteiger partial charge < -0.3 is 9.47 Å². The fourth-order valence-electron chi connectivity index (χ4n) is 1.73. The first kappa shape index (κ1) is 17.7. The third-order valence-corrected chi connectivity index (χ3v) is 4.56. The highest BCUT2D eigenvalue weighted by atomic mass is 35.7. The summed E-state index contributed by atoms with van der Waals surface area (Å²) in [5.41, 5.74) is -0.675. The van der Waals surface area contributed by atoms with E-state index in [4.69, 9.17) is 20.2 Å². The van der Waals surface area contributed by atoms with Crippen LogP contribution in [0.5, 0.6) is 11.5 Å². The molecule has 0 bridgehead atoms. The van der Waals surface area contributed by atoms with E-state index < -0.39 is 47.4 Å². The van der Waals surface area contributed by atoms with Crippen LogP contribution in [0.2, 0.25) is 0 Å². The molecule has 1 atom stereocenters. The second kappa shape index (κ2) is 6.11. The number of rotatable bonds is 5. The number of hydrogen-bond donors (Lipinski definition) is 0. The summed E-state index contributed by atoms with van der Waals surface area (Å²) in [5.74, 6) is -0.513. The number of halogens is 1. The number of nitro benzene ring substituents is 1. The second-order valence-corrected chi connectivity index (χ2v) is 8.71. The maximum Gasteiger partial charge on any atom is 0.316 e. The quantitative estimate of drug-likeness (QED) is 0.308. The molecular formula is C10H10ClNO9S2. The van der Waals surface area contributed by atoms with Crippen LogP contribution in [0.3, 0.4) is 0 Å². The standard InChI is InChI=1S/C10H10ClNO9S2/c1-22(15,16)20-5-6-4-19-9-3-7(23(11,17)18)2-8(12(13)14)10(9)21-6/h2-3,6H,4-5H2,1H3/t6-/m1/s1. The van der Waals surface area contributed by atoms with E-state index in [1.165, 1.54) is 0 Å². The zero-order chi connectivity index (χ0) is 17.4. The molecule has 1 aliphatic rings. The Labute approximate surface area is 135 Å². The Balaban J connectivity index is 2.37. The first-order valence-electron chi connectivity index (χ1n) is 5.88. The van der Waals surface area contributed by atoms with Crippen LogP contribution >= 0.6 is 10.7 Å². The van der Waals surface area contributed by atoms with E-state index in [-0.39, 0.29) is 18.1 Å². The summed E-state index contributed by atoms with van der Waals surface area (Å²) in [6.45, 7) is -0.601. The Bertz CT molecular complexity index is 849. The molecule has 0 aliphatic carbocycles. The average Bonchev–Trinajstić information content (AvgIpc) is 2.41. The lowest BCUT2D eigenvalue weighted by Gasteiger charge is -2.25. The minimum absolute atomic E-state index is 0.186. The molecule has 13 heteroatoms. The maximum atomic E-state index is 11.3. The lowest BCUT2D eigenvalue weighted by atomic mass is 10.2. The minimum Gasteiger partial charge on any atom is -0.485 e. The van der Waals surface area contributed by atoms with Crippen LogP contribution in [0.1, 0.15) is 0 Å². The monoisotopic (exact) mass is 387 g/mol. The van der Waals surface area contributed by atoms with Crippen molar-refractivity contribution in [1.29, 1.82) is 0 Å². The van der Waals surface area contributed by atoms with E-state index >= 15 is 0 Å². The first-order valence-corrected chi connectivity index (χ1v) is 10.0. The summed E-state index contributed by atoms with van der Waals surface area (Å²) in [4.78, 5) is 9.70. The second-order valence-electron chi connectivity index (χ2n) is 4.50. The van der Waals surface area contributed by atoms with Crippen molar-refractivity contribution in [3.63, 3.8) is 0 Å². The predicted octanol–water partition coefficient (Wildman–Crippen LogP) is 0.638. The van der Waals surface area contributed by atoms with E-state index in [2.05, 4.69) is 4.18 Å². The van der Waals surface area contributed by atoms with Crippen molar-refractivity contribution in [2.75, 3.05) is 19.5 Å². The van der Waals surface area contributed by atoms with Crippen LogP contribution < -0.4 is 9.47 Å². The summed E-state index contributed by atoms with van der Waals surface area (Å²) >= 11 is 0. The van der Waals surface area contributed by atoms with E-state index in [9.17, 15) is 26.9 Å². The summed E-state index contributed by atoms with van der Waals surface area (Å²) < 4.78 is 59.6. The van der Waals surface area contributed by atoms with Crippen molar-refractivity contribution in [2.24, 2.45) is 0 Å². The highest BCUT2D eigenvalue weighted by molar-refractivity contribution is 8.13. The number of hydrogen-bond acceptors (Lipinski definition) is 9. The van der Waals surface area contributed by atoms with Crippen LogP contribution in [0, 0.1) is 10.1 Å². The zero-order valence-corrected chi connectivity index (χ0v) is 13.9. The summed E-state index contributed by atoms with van der Waals surface area (Å²) in [7, 11) is -2.75. The molecule has 0 aromatic heterocycles. The number of fused-ring (bicyclic) bond motifs is 1. The van der Waals surface area contributed by atoms with Gasteiger partial charge in [-0.1, -0.05) is 0 Å². The lowest BCUT2D eigenvalue weighted by Crippen LogP contribution is -2.34. The molecule has 128 valence electrons. The average molecular weight is 388 g/mol. The van der Waals surface area contributed by atoms with Crippen molar-refractivity contribution in [1.82, 2.24) is 0 Å². The Morgan fingerprint density at radius 2 is 2.04 bits per heavy atom. The Hall–Kier alpha value is -1.63. The van der Waals surface area contributed by atoms with Crippen LogP contribution in [0.4, 0.5) is 5.69 Å². The Morgan fingerprint density at radius 3 is 2.57 bits per heavy atom. The summed E-state index contributed by atoms with van der Waals surface area (Å²) in [6, 6.07) is 1.71. The van der Waals surface area contributed by atoms with Gasteiger partial charge in [-0.05, 0) is 0 Å². The zero-order valence-electron chi connectivity index (χ0n) is 11.5. The molecule has 1 aromatic rings. The topological polar surface area (TPSA) is 139 Å². The predicted molar refractivity (Wildman–Crippen MR) is 76.8 cm³/mol. The van der Waals surface area contributed by atoms with Gasteiger partial charge in [0.25, 0.3) is 19.2 Å².